The number of likely N-dealkylation sites (tertiary alicyclic amines) is 1. The molecule has 0 bridgehead atoms. The molecule has 0 atom stereocenters. The Bertz CT molecular complexity index is 580. The summed E-state index contributed by atoms with van der Waals surface area (Å²) >= 11 is 0. The highest BCUT2D eigenvalue weighted by Crippen LogP contribution is 2.13. The van der Waals surface area contributed by atoms with Crippen LogP contribution in [0.4, 0.5) is 0 Å². The van der Waals surface area contributed by atoms with E-state index < -0.39 is 0 Å². The maximum atomic E-state index is 11.4. The molecular weight excluding hydrogens is 340 g/mol. The third-order valence-electron chi connectivity index (χ3n) is 4.55. The number of ether oxygens (including phenoxy) is 1. The van der Waals surface area contributed by atoms with Crippen molar-refractivity contribution in [3.63, 3.8) is 0 Å². The molecule has 1 aliphatic heterocycles. The lowest BCUT2D eigenvalue weighted by Gasteiger charge is -2.14. The van der Waals surface area contributed by atoms with E-state index in [9.17, 15) is 4.79 Å². The molecule has 1 aromatic rings. The summed E-state index contributed by atoms with van der Waals surface area (Å²) in [5.41, 5.74) is 2.57. The zero-order valence-corrected chi connectivity index (χ0v) is 16.8. The van der Waals surface area contributed by atoms with Gasteiger partial charge in [0.25, 0.3) is 0 Å². The van der Waals surface area contributed by atoms with Crippen LogP contribution in [0.2, 0.25) is 0 Å². The first-order valence-electron chi connectivity index (χ1n) is 10.2. The van der Waals surface area contributed by atoms with Gasteiger partial charge < -0.3 is 15.4 Å². The summed E-state index contributed by atoms with van der Waals surface area (Å²) in [6, 6.07) is 8.75. The SMILES string of the molecule is CCNC(=NCc1ccc(CN2CCCC2)cc1)NCCCC(=O)OCC. The Hall–Kier alpha value is -2.08. The van der Waals surface area contributed by atoms with Crippen LogP contribution in [0.15, 0.2) is 29.3 Å². The van der Waals surface area contributed by atoms with E-state index in [2.05, 4.69) is 44.8 Å². The van der Waals surface area contributed by atoms with E-state index in [1.807, 2.05) is 13.8 Å². The number of esters is 1. The highest BCUT2D eigenvalue weighted by Gasteiger charge is 2.11. The molecule has 1 fully saturated rings. The molecule has 1 saturated heterocycles. The van der Waals surface area contributed by atoms with Crippen LogP contribution in [-0.2, 0) is 22.6 Å². The van der Waals surface area contributed by atoms with Gasteiger partial charge in [-0.2, -0.15) is 0 Å². The van der Waals surface area contributed by atoms with Crippen LogP contribution in [0.1, 0.15) is 50.7 Å². The number of carbonyl (C=O) groups excluding carboxylic acids is 1. The van der Waals surface area contributed by atoms with Gasteiger partial charge in [0.2, 0.25) is 0 Å². The lowest BCUT2D eigenvalue weighted by atomic mass is 10.1. The molecule has 150 valence electrons. The standard InChI is InChI=1S/C21H34N4O2/c1-3-22-21(23-13-7-8-20(26)27-4-2)24-16-18-9-11-19(12-10-18)17-25-14-5-6-15-25/h9-12H,3-8,13-17H2,1-2H3,(H2,22,23,24). The summed E-state index contributed by atoms with van der Waals surface area (Å²) in [5, 5.41) is 6.51. The van der Waals surface area contributed by atoms with Gasteiger partial charge in [-0.25, -0.2) is 4.99 Å². The lowest BCUT2D eigenvalue weighted by molar-refractivity contribution is -0.143. The molecule has 1 heterocycles. The van der Waals surface area contributed by atoms with Gasteiger partial charge in [0.05, 0.1) is 13.2 Å². The number of benzene rings is 1. The fraction of sp³-hybridized carbons (Fsp3) is 0.619. The van der Waals surface area contributed by atoms with Crippen LogP contribution in [-0.4, -0.2) is 49.6 Å². The zero-order chi connectivity index (χ0) is 19.3. The van der Waals surface area contributed by atoms with Crippen molar-refractivity contribution >= 4 is 11.9 Å². The maximum absolute atomic E-state index is 11.4. The van der Waals surface area contributed by atoms with E-state index in [4.69, 9.17) is 4.74 Å². The Labute approximate surface area is 163 Å². The molecule has 2 N–H and O–H groups in total. The number of hydrogen-bond acceptors (Lipinski definition) is 4. The predicted molar refractivity (Wildman–Crippen MR) is 110 cm³/mol. The van der Waals surface area contributed by atoms with E-state index in [1.54, 1.807) is 0 Å². The number of guanidine groups is 1. The minimum atomic E-state index is -0.143. The van der Waals surface area contributed by atoms with E-state index >= 15 is 0 Å². The van der Waals surface area contributed by atoms with Gasteiger partial charge in [-0.3, -0.25) is 9.69 Å². The van der Waals surface area contributed by atoms with E-state index in [0.717, 1.165) is 25.5 Å². The van der Waals surface area contributed by atoms with Crippen LogP contribution in [0.25, 0.3) is 0 Å². The van der Waals surface area contributed by atoms with Crippen molar-refractivity contribution in [1.29, 1.82) is 0 Å². The average Bonchev–Trinajstić information content (AvgIpc) is 3.17. The Morgan fingerprint density at radius 2 is 1.81 bits per heavy atom. The number of carbonyl (C=O) groups is 1. The van der Waals surface area contributed by atoms with Crippen LogP contribution < -0.4 is 10.6 Å². The Morgan fingerprint density at radius 1 is 1.11 bits per heavy atom. The zero-order valence-electron chi connectivity index (χ0n) is 16.8. The first kappa shape index (κ1) is 21.2. The monoisotopic (exact) mass is 374 g/mol. The number of nitrogens with zero attached hydrogens (tertiary/aromatic N) is 2. The fourth-order valence-corrected chi connectivity index (χ4v) is 3.13. The second-order valence-electron chi connectivity index (χ2n) is 6.83. The molecule has 0 saturated carbocycles. The largest absolute Gasteiger partial charge is 0.466 e. The molecule has 0 spiro atoms. The number of aliphatic imine (C=N–C) groups is 1. The van der Waals surface area contributed by atoms with E-state index in [1.165, 1.54) is 37.1 Å². The molecule has 6 heteroatoms. The van der Waals surface area contributed by atoms with Crippen LogP contribution >= 0.6 is 0 Å². The molecule has 6 nitrogen and oxygen atoms in total. The van der Waals surface area contributed by atoms with Crippen LogP contribution in [0.5, 0.6) is 0 Å². The minimum absolute atomic E-state index is 0.143. The van der Waals surface area contributed by atoms with Crippen molar-refractivity contribution in [3.8, 4) is 0 Å². The maximum Gasteiger partial charge on any atom is 0.305 e. The summed E-state index contributed by atoms with van der Waals surface area (Å²) < 4.78 is 4.94. The van der Waals surface area contributed by atoms with Crippen LogP contribution in [0, 0.1) is 0 Å². The quantitative estimate of drug-likeness (QED) is 0.285. The van der Waals surface area contributed by atoms with Gasteiger partial charge >= 0.3 is 5.97 Å². The minimum Gasteiger partial charge on any atom is -0.466 e. The van der Waals surface area contributed by atoms with Gasteiger partial charge in [-0.05, 0) is 57.3 Å². The first-order valence-corrected chi connectivity index (χ1v) is 10.2. The van der Waals surface area contributed by atoms with Gasteiger partial charge in [-0.1, -0.05) is 24.3 Å². The average molecular weight is 375 g/mol. The Morgan fingerprint density at radius 3 is 2.48 bits per heavy atom. The van der Waals surface area contributed by atoms with Crippen molar-refractivity contribution in [2.75, 3.05) is 32.8 Å². The molecule has 2 rings (SSSR count). The number of nitrogens with one attached hydrogen (secondary N) is 2. The van der Waals surface area contributed by atoms with Crippen molar-refractivity contribution in [2.45, 2.75) is 52.6 Å². The normalized spacial score (nSPS) is 15.0. The van der Waals surface area contributed by atoms with Crippen molar-refractivity contribution < 1.29 is 9.53 Å². The second kappa shape index (κ2) is 12.3. The molecular formula is C21H34N4O2. The van der Waals surface area contributed by atoms with Crippen molar-refractivity contribution in [1.82, 2.24) is 15.5 Å². The smallest absolute Gasteiger partial charge is 0.305 e. The molecule has 1 aliphatic rings. The summed E-state index contributed by atoms with van der Waals surface area (Å²) in [5.74, 6) is 0.637. The fourth-order valence-electron chi connectivity index (χ4n) is 3.13. The lowest BCUT2D eigenvalue weighted by Crippen LogP contribution is -2.37. The first-order chi connectivity index (χ1) is 13.2. The third kappa shape index (κ3) is 8.43. The topological polar surface area (TPSA) is 66.0 Å². The van der Waals surface area contributed by atoms with Gasteiger partial charge in [0, 0.05) is 26.1 Å². The van der Waals surface area contributed by atoms with Crippen molar-refractivity contribution in [2.24, 2.45) is 4.99 Å². The summed E-state index contributed by atoms with van der Waals surface area (Å²) in [6.07, 6.45) is 3.81. The summed E-state index contributed by atoms with van der Waals surface area (Å²) in [4.78, 5) is 18.5. The second-order valence-corrected chi connectivity index (χ2v) is 6.83. The van der Waals surface area contributed by atoms with E-state index in [0.29, 0.717) is 26.1 Å². The van der Waals surface area contributed by atoms with Gasteiger partial charge in [0.1, 0.15) is 0 Å². The van der Waals surface area contributed by atoms with Gasteiger partial charge in [0.15, 0.2) is 5.96 Å². The summed E-state index contributed by atoms with van der Waals surface area (Å²) in [7, 11) is 0. The number of hydrogen-bond donors (Lipinski definition) is 2. The molecule has 0 amide bonds. The Kier molecular flexibility index (Phi) is 9.69. The Balaban J connectivity index is 1.76. The van der Waals surface area contributed by atoms with E-state index in [-0.39, 0.29) is 5.97 Å². The molecule has 1 aromatic carbocycles. The molecule has 27 heavy (non-hydrogen) atoms. The van der Waals surface area contributed by atoms with Crippen LogP contribution in [0.3, 0.4) is 0 Å². The predicted octanol–water partition coefficient (Wildman–Crippen LogP) is 2.68. The number of rotatable bonds is 10. The molecule has 0 aromatic heterocycles. The highest BCUT2D eigenvalue weighted by atomic mass is 16.5. The highest BCUT2D eigenvalue weighted by molar-refractivity contribution is 5.79. The molecule has 0 unspecified atom stereocenters. The molecule has 0 radical (unpaired) electrons. The van der Waals surface area contributed by atoms with Gasteiger partial charge in [-0.15, -0.1) is 0 Å². The summed E-state index contributed by atoms with van der Waals surface area (Å²) in [6.45, 7) is 9.93. The van der Waals surface area contributed by atoms with Crippen molar-refractivity contribution in [3.05, 3.63) is 35.4 Å². The molecule has 0 aliphatic carbocycles. The third-order valence-corrected chi connectivity index (χ3v) is 4.55.